The lowest BCUT2D eigenvalue weighted by molar-refractivity contribution is 0.0404. The molecule has 0 bridgehead atoms. The van der Waals surface area contributed by atoms with Gasteiger partial charge in [0.2, 0.25) is 0 Å². The second kappa shape index (κ2) is 11.6. The molecule has 2 heterocycles. The highest BCUT2D eigenvalue weighted by molar-refractivity contribution is 6.30. The number of ether oxygens (including phenoxy) is 1. The van der Waals surface area contributed by atoms with Crippen molar-refractivity contribution >= 4 is 34.1 Å². The number of rotatable bonds is 8. The van der Waals surface area contributed by atoms with Crippen molar-refractivity contribution in [3.05, 3.63) is 106 Å². The zero-order chi connectivity index (χ0) is 24.9. The van der Waals surface area contributed by atoms with E-state index >= 15 is 0 Å². The SMILES string of the molecule is OC(COc1cccc2ncccc12)CN1CCN(C(c2ccc(Cl)cc2)c2ccc(Cl)cc2)CC1. The summed E-state index contributed by atoms with van der Waals surface area (Å²) >= 11 is 12.3. The van der Waals surface area contributed by atoms with Crippen LogP contribution in [0.2, 0.25) is 10.0 Å². The molecular formula is C29H29Cl2N3O2. The van der Waals surface area contributed by atoms with Crippen LogP contribution in [0.5, 0.6) is 5.75 Å². The zero-order valence-electron chi connectivity index (χ0n) is 19.9. The third-order valence-corrected chi connectivity index (χ3v) is 7.15. The molecule has 0 aliphatic carbocycles. The molecule has 186 valence electrons. The molecule has 1 atom stereocenters. The highest BCUT2D eigenvalue weighted by Crippen LogP contribution is 2.31. The maximum absolute atomic E-state index is 10.7. The number of aliphatic hydroxyl groups is 1. The minimum atomic E-state index is -0.577. The van der Waals surface area contributed by atoms with Crippen molar-refractivity contribution in [3.63, 3.8) is 0 Å². The van der Waals surface area contributed by atoms with Crippen molar-refractivity contribution in [1.82, 2.24) is 14.8 Å². The number of halogens is 2. The van der Waals surface area contributed by atoms with Gasteiger partial charge in [-0.1, -0.05) is 53.5 Å². The zero-order valence-corrected chi connectivity index (χ0v) is 21.4. The minimum absolute atomic E-state index is 0.120. The van der Waals surface area contributed by atoms with Crippen LogP contribution in [-0.2, 0) is 0 Å². The number of fused-ring (bicyclic) bond motifs is 1. The highest BCUT2D eigenvalue weighted by atomic mass is 35.5. The van der Waals surface area contributed by atoms with Gasteiger partial charge in [0.1, 0.15) is 18.5 Å². The summed E-state index contributed by atoms with van der Waals surface area (Å²) in [4.78, 5) is 9.15. The van der Waals surface area contributed by atoms with Crippen LogP contribution in [0.1, 0.15) is 17.2 Å². The van der Waals surface area contributed by atoms with E-state index in [-0.39, 0.29) is 12.6 Å². The number of hydrogen-bond donors (Lipinski definition) is 1. The van der Waals surface area contributed by atoms with Gasteiger partial charge >= 0.3 is 0 Å². The number of pyridine rings is 1. The van der Waals surface area contributed by atoms with E-state index in [2.05, 4.69) is 39.0 Å². The Bertz CT molecular complexity index is 1230. The van der Waals surface area contributed by atoms with Crippen molar-refractivity contribution in [2.75, 3.05) is 39.3 Å². The van der Waals surface area contributed by atoms with Gasteiger partial charge in [-0.25, -0.2) is 0 Å². The number of nitrogens with zero attached hydrogens (tertiary/aromatic N) is 3. The smallest absolute Gasteiger partial charge is 0.128 e. The monoisotopic (exact) mass is 521 g/mol. The lowest BCUT2D eigenvalue weighted by atomic mass is 9.96. The van der Waals surface area contributed by atoms with E-state index in [0.29, 0.717) is 6.54 Å². The van der Waals surface area contributed by atoms with Crippen LogP contribution in [0.3, 0.4) is 0 Å². The molecule has 1 unspecified atom stereocenters. The predicted octanol–water partition coefficient (Wildman–Crippen LogP) is 5.69. The van der Waals surface area contributed by atoms with Gasteiger partial charge in [0.05, 0.1) is 11.6 Å². The summed E-state index contributed by atoms with van der Waals surface area (Å²) in [5.74, 6) is 0.748. The molecule has 0 radical (unpaired) electrons. The van der Waals surface area contributed by atoms with E-state index in [1.165, 1.54) is 11.1 Å². The number of aliphatic hydroxyl groups excluding tert-OH is 1. The molecule has 1 aliphatic rings. The molecule has 7 heteroatoms. The van der Waals surface area contributed by atoms with Crippen molar-refractivity contribution in [1.29, 1.82) is 0 Å². The number of piperazine rings is 1. The van der Waals surface area contributed by atoms with Crippen LogP contribution in [-0.4, -0.2) is 65.3 Å². The third-order valence-electron chi connectivity index (χ3n) is 6.65. The fraction of sp³-hybridized carbons (Fsp3) is 0.276. The second-order valence-corrected chi connectivity index (χ2v) is 10.0. The molecule has 1 fully saturated rings. The van der Waals surface area contributed by atoms with Gasteiger partial charge in [0.15, 0.2) is 0 Å². The summed E-state index contributed by atoms with van der Waals surface area (Å²) in [5, 5.41) is 13.1. The van der Waals surface area contributed by atoms with Crippen LogP contribution in [0, 0.1) is 0 Å². The van der Waals surface area contributed by atoms with Crippen LogP contribution in [0.4, 0.5) is 0 Å². The lowest BCUT2D eigenvalue weighted by Crippen LogP contribution is -2.50. The number of aromatic nitrogens is 1. The van der Waals surface area contributed by atoms with Crippen LogP contribution >= 0.6 is 23.2 Å². The molecule has 0 saturated carbocycles. The summed E-state index contributed by atoms with van der Waals surface area (Å²) < 4.78 is 5.97. The molecule has 0 amide bonds. The van der Waals surface area contributed by atoms with Crippen LogP contribution < -0.4 is 4.74 Å². The Hall–Kier alpha value is -2.67. The largest absolute Gasteiger partial charge is 0.490 e. The Morgan fingerprint density at radius 3 is 2.08 bits per heavy atom. The lowest BCUT2D eigenvalue weighted by Gasteiger charge is -2.40. The summed E-state index contributed by atoms with van der Waals surface area (Å²) in [7, 11) is 0. The molecule has 5 rings (SSSR count). The number of β-amino-alcohol motifs (C(OH)–C–C–N with tert-alkyl or cyclic N) is 1. The summed E-state index contributed by atoms with van der Waals surface area (Å²) in [6.07, 6.45) is 1.19. The molecule has 1 aliphatic heterocycles. The molecule has 4 aromatic rings. The predicted molar refractivity (Wildman–Crippen MR) is 146 cm³/mol. The molecule has 3 aromatic carbocycles. The quantitative estimate of drug-likeness (QED) is 0.322. The first-order valence-corrected chi connectivity index (χ1v) is 12.9. The molecule has 1 N–H and O–H groups in total. The van der Waals surface area contributed by atoms with Gasteiger partial charge in [-0.3, -0.25) is 14.8 Å². The van der Waals surface area contributed by atoms with E-state index in [9.17, 15) is 5.11 Å². The van der Waals surface area contributed by atoms with Gasteiger partial charge in [-0.05, 0) is 59.7 Å². The van der Waals surface area contributed by atoms with Crippen LogP contribution in [0.15, 0.2) is 85.1 Å². The fourth-order valence-electron chi connectivity index (χ4n) is 4.85. The molecule has 0 spiro atoms. The van der Waals surface area contributed by atoms with E-state index in [0.717, 1.165) is 52.9 Å². The molecule has 36 heavy (non-hydrogen) atoms. The first-order valence-electron chi connectivity index (χ1n) is 12.2. The Morgan fingerprint density at radius 2 is 1.44 bits per heavy atom. The molecule has 5 nitrogen and oxygen atoms in total. The fourth-order valence-corrected chi connectivity index (χ4v) is 5.10. The van der Waals surface area contributed by atoms with Crippen molar-refractivity contribution in [2.45, 2.75) is 12.1 Å². The minimum Gasteiger partial charge on any atom is -0.490 e. The van der Waals surface area contributed by atoms with E-state index < -0.39 is 6.10 Å². The van der Waals surface area contributed by atoms with Crippen molar-refractivity contribution < 1.29 is 9.84 Å². The number of hydrogen-bond acceptors (Lipinski definition) is 5. The first kappa shape index (κ1) is 25.0. The molecular weight excluding hydrogens is 493 g/mol. The second-order valence-electron chi connectivity index (χ2n) is 9.13. The maximum atomic E-state index is 10.7. The third kappa shape index (κ3) is 6.00. The standard InChI is InChI=1S/C29H29Cl2N3O2/c30-23-10-6-21(7-11-23)29(22-8-12-24(31)13-9-22)34-17-15-33(16-18-34)19-25(35)20-36-28-5-1-4-27-26(28)3-2-14-32-27/h1-14,25,29,35H,15-20H2. The van der Waals surface area contributed by atoms with Crippen molar-refractivity contribution in [3.8, 4) is 5.75 Å². The van der Waals surface area contributed by atoms with E-state index in [4.69, 9.17) is 27.9 Å². The molecule has 1 aromatic heterocycles. The summed E-state index contributed by atoms with van der Waals surface area (Å²) in [5.41, 5.74) is 3.29. The Morgan fingerprint density at radius 1 is 0.806 bits per heavy atom. The van der Waals surface area contributed by atoms with Gasteiger partial charge < -0.3 is 9.84 Å². The summed E-state index contributed by atoms with van der Waals surface area (Å²) in [6.45, 7) is 4.33. The van der Waals surface area contributed by atoms with E-state index in [1.807, 2.05) is 54.6 Å². The normalized spacial score (nSPS) is 15.9. The summed E-state index contributed by atoms with van der Waals surface area (Å²) in [6, 6.07) is 26.0. The number of benzene rings is 3. The molecule has 1 saturated heterocycles. The Labute approximate surface area is 221 Å². The first-order chi connectivity index (χ1) is 17.6. The van der Waals surface area contributed by atoms with Gasteiger partial charge in [-0.2, -0.15) is 0 Å². The van der Waals surface area contributed by atoms with Gasteiger partial charge in [-0.15, -0.1) is 0 Å². The van der Waals surface area contributed by atoms with E-state index in [1.54, 1.807) is 6.20 Å². The maximum Gasteiger partial charge on any atom is 0.128 e. The highest BCUT2D eigenvalue weighted by Gasteiger charge is 2.27. The van der Waals surface area contributed by atoms with Gasteiger partial charge in [0.25, 0.3) is 0 Å². The average Bonchev–Trinajstić information content (AvgIpc) is 2.91. The topological polar surface area (TPSA) is 48.8 Å². The van der Waals surface area contributed by atoms with Crippen LogP contribution in [0.25, 0.3) is 10.9 Å². The Kier molecular flexibility index (Phi) is 8.05. The van der Waals surface area contributed by atoms with Gasteiger partial charge in [0, 0.05) is 54.4 Å². The average molecular weight is 522 g/mol. The van der Waals surface area contributed by atoms with Crippen molar-refractivity contribution in [2.24, 2.45) is 0 Å². The Balaban J connectivity index is 1.19.